The molecule has 0 radical (unpaired) electrons. The molecule has 1 saturated carbocycles. The summed E-state index contributed by atoms with van der Waals surface area (Å²) < 4.78 is 47.2. The molecule has 1 amide bonds. The number of oxime groups is 1. The minimum Gasteiger partial charge on any atom is -0.429 e. The number of aromatic nitrogens is 2. The first-order valence-corrected chi connectivity index (χ1v) is 16.4. The zero-order chi connectivity index (χ0) is 36.7. The number of carbonyl (C=O) groups excluding carboxylic acids is 2. The van der Waals surface area contributed by atoms with Gasteiger partial charge in [0.1, 0.15) is 12.6 Å². The fourth-order valence-corrected chi connectivity index (χ4v) is 5.94. The molecule has 2 aromatic carbocycles. The highest BCUT2D eigenvalue weighted by atomic mass is 19.4. The molecule has 1 fully saturated rings. The molecule has 3 aromatic rings. The molecule has 0 aliphatic heterocycles. The zero-order valence-corrected chi connectivity index (χ0v) is 28.7. The average molecular weight is 700 g/mol. The van der Waals surface area contributed by atoms with Crippen molar-refractivity contribution in [3.8, 4) is 11.3 Å². The van der Waals surface area contributed by atoms with Crippen molar-refractivity contribution in [1.29, 1.82) is 0 Å². The van der Waals surface area contributed by atoms with Gasteiger partial charge in [-0.05, 0) is 68.2 Å². The number of rotatable bonds is 11. The van der Waals surface area contributed by atoms with Gasteiger partial charge < -0.3 is 26.8 Å². The van der Waals surface area contributed by atoms with Crippen LogP contribution in [0, 0.1) is 17.8 Å². The number of nitrogens with two attached hydrogens (primary N) is 2. The number of halogens is 3. The molecule has 1 aliphatic rings. The summed E-state index contributed by atoms with van der Waals surface area (Å²) in [5.41, 5.74) is 11.0. The van der Waals surface area contributed by atoms with Gasteiger partial charge in [-0.3, -0.25) is 19.0 Å². The predicted molar refractivity (Wildman–Crippen MR) is 184 cm³/mol. The monoisotopic (exact) mass is 699 g/mol. The van der Waals surface area contributed by atoms with Gasteiger partial charge in [-0.25, -0.2) is 9.78 Å². The quantitative estimate of drug-likeness (QED) is 0.0475. The van der Waals surface area contributed by atoms with Crippen molar-refractivity contribution in [2.24, 2.45) is 28.6 Å². The minimum absolute atomic E-state index is 0.0180. The number of nitrogens with one attached hydrogen (secondary N) is 2. The minimum atomic E-state index is -4.69. The van der Waals surface area contributed by atoms with Crippen LogP contribution in [0.4, 0.5) is 29.5 Å². The van der Waals surface area contributed by atoms with E-state index in [1.807, 2.05) is 0 Å². The van der Waals surface area contributed by atoms with Gasteiger partial charge in [0, 0.05) is 29.4 Å². The van der Waals surface area contributed by atoms with Crippen LogP contribution in [0.2, 0.25) is 0 Å². The van der Waals surface area contributed by atoms with E-state index in [-0.39, 0.29) is 53.2 Å². The Hall–Kier alpha value is -5.08. The molecule has 0 bridgehead atoms. The average Bonchev–Trinajstić information content (AvgIpc) is 3.03. The lowest BCUT2D eigenvalue weighted by Crippen LogP contribution is -2.35. The summed E-state index contributed by atoms with van der Waals surface area (Å²) in [6.07, 6.45) is -1.81. The number of amidine groups is 1. The van der Waals surface area contributed by atoms with Crippen LogP contribution >= 0.6 is 0 Å². The maximum absolute atomic E-state index is 13.5. The van der Waals surface area contributed by atoms with E-state index in [0.717, 1.165) is 36.0 Å². The summed E-state index contributed by atoms with van der Waals surface area (Å²) in [5.74, 6) is 0.346. The molecule has 3 atom stereocenters. The number of nitrogen functional groups attached to an aromatic ring is 1. The third kappa shape index (κ3) is 9.98. The summed E-state index contributed by atoms with van der Waals surface area (Å²) in [7, 11) is 0. The molecule has 0 spiro atoms. The molecule has 1 heterocycles. The number of hydrogen-bond acceptors (Lipinski definition) is 9. The Kier molecular flexibility index (Phi) is 12.1. The number of alkyl halides is 3. The van der Waals surface area contributed by atoms with Gasteiger partial charge in [0.2, 0.25) is 5.91 Å². The van der Waals surface area contributed by atoms with Gasteiger partial charge in [-0.2, -0.15) is 13.2 Å². The van der Waals surface area contributed by atoms with Crippen LogP contribution in [-0.2, 0) is 33.6 Å². The van der Waals surface area contributed by atoms with E-state index in [4.69, 9.17) is 21.0 Å². The van der Waals surface area contributed by atoms with Crippen molar-refractivity contribution >= 4 is 29.4 Å². The summed E-state index contributed by atoms with van der Waals surface area (Å²) in [6, 6.07) is 9.32. The molecule has 6 N–H and O–H groups in total. The molecule has 1 aromatic heterocycles. The molecule has 50 heavy (non-hydrogen) atoms. The zero-order valence-electron chi connectivity index (χ0n) is 28.7. The molecular formula is C35H44F3N7O5. The van der Waals surface area contributed by atoms with E-state index < -0.39 is 35.9 Å². The highest BCUT2D eigenvalue weighted by Gasteiger charge is 2.34. The normalized spacial score (nSPS) is 18.2. The lowest BCUT2D eigenvalue weighted by Gasteiger charge is -2.36. The van der Waals surface area contributed by atoms with E-state index >= 15 is 0 Å². The first kappa shape index (κ1) is 37.7. The van der Waals surface area contributed by atoms with Crippen LogP contribution in [0.25, 0.3) is 11.3 Å². The Morgan fingerprint density at radius 1 is 1.10 bits per heavy atom. The van der Waals surface area contributed by atoms with E-state index in [1.54, 1.807) is 38.1 Å². The van der Waals surface area contributed by atoms with Gasteiger partial charge in [-0.1, -0.05) is 56.6 Å². The Balaban J connectivity index is 1.42. The lowest BCUT2D eigenvalue weighted by molar-refractivity contribution is -0.137. The third-order valence-electron chi connectivity index (χ3n) is 8.53. The topological polar surface area (TPSA) is 176 Å². The van der Waals surface area contributed by atoms with Crippen LogP contribution in [0.1, 0.15) is 70.6 Å². The van der Waals surface area contributed by atoms with E-state index in [9.17, 15) is 27.6 Å². The highest BCUT2D eigenvalue weighted by Crippen LogP contribution is 2.36. The number of nitrogens with zero attached hydrogens (tertiary/aromatic N) is 3. The van der Waals surface area contributed by atoms with Gasteiger partial charge in [0.25, 0.3) is 5.56 Å². The summed E-state index contributed by atoms with van der Waals surface area (Å²) >= 11 is 0. The summed E-state index contributed by atoms with van der Waals surface area (Å²) in [5, 5.41) is 9.33. The van der Waals surface area contributed by atoms with Gasteiger partial charge in [0.05, 0.1) is 17.5 Å². The molecule has 12 nitrogen and oxygen atoms in total. The summed E-state index contributed by atoms with van der Waals surface area (Å²) in [6.45, 7) is 9.45. The first-order chi connectivity index (χ1) is 23.5. The molecule has 15 heteroatoms. The Bertz CT molecular complexity index is 1760. The fourth-order valence-electron chi connectivity index (χ4n) is 5.94. The van der Waals surface area contributed by atoms with Crippen LogP contribution in [0.15, 0.2) is 58.6 Å². The van der Waals surface area contributed by atoms with Crippen molar-refractivity contribution in [2.75, 3.05) is 11.1 Å². The second-order valence-electron chi connectivity index (χ2n) is 13.3. The SMILES string of the molecule is CC(C)Nc1ncc(-c2cc(N)cc(C(F)(F)F)c2)n(CC(=O)NCc2ccc(/C(N)=N/OC(=O)OC3C[C@@H](C)CC[C@@H]3C(C)C)cc2)c1=O. The predicted octanol–water partition coefficient (Wildman–Crippen LogP) is 5.88. The second kappa shape index (κ2) is 16.1. The fraction of sp³-hybridized carbons (Fsp3) is 0.457. The van der Waals surface area contributed by atoms with Crippen LogP contribution in [0.3, 0.4) is 0 Å². The Morgan fingerprint density at radius 3 is 2.44 bits per heavy atom. The van der Waals surface area contributed by atoms with Crippen molar-refractivity contribution in [1.82, 2.24) is 14.9 Å². The van der Waals surface area contributed by atoms with E-state index in [0.29, 0.717) is 23.0 Å². The van der Waals surface area contributed by atoms with Crippen molar-refractivity contribution in [2.45, 2.75) is 85.3 Å². The Morgan fingerprint density at radius 2 is 1.80 bits per heavy atom. The van der Waals surface area contributed by atoms with Gasteiger partial charge in [-0.15, -0.1) is 0 Å². The molecule has 1 aliphatic carbocycles. The standard InChI is InChI=1S/C35H44F3N7O5/c1-19(2)27-11-6-21(5)12-29(27)49-34(48)50-44-31(40)23-9-7-22(8-10-23)16-41-30(46)18-45-28(17-42-32(33(45)47)43-20(3)4)24-13-25(35(36,37)38)15-26(39)14-24/h7-10,13-15,17,19-21,27,29H,6,11-12,16,18,39H2,1-5H3,(H2,40,44)(H,41,46)(H,42,43)/t21-,27+,29?/m0/s1. The first-order valence-electron chi connectivity index (χ1n) is 16.4. The largest absolute Gasteiger partial charge is 0.535 e. The number of hydrogen-bond donors (Lipinski definition) is 4. The number of amides is 1. The van der Waals surface area contributed by atoms with Crippen molar-refractivity contribution in [3.63, 3.8) is 0 Å². The number of benzene rings is 2. The van der Waals surface area contributed by atoms with Crippen LogP contribution < -0.4 is 27.7 Å². The smallest absolute Gasteiger partial charge is 0.429 e. The second-order valence-corrected chi connectivity index (χ2v) is 13.3. The third-order valence-corrected chi connectivity index (χ3v) is 8.53. The maximum atomic E-state index is 13.5. The highest BCUT2D eigenvalue weighted by molar-refractivity contribution is 5.97. The molecule has 270 valence electrons. The molecule has 4 rings (SSSR count). The van der Waals surface area contributed by atoms with Crippen molar-refractivity contribution in [3.05, 3.63) is 75.7 Å². The molecule has 0 saturated heterocycles. The number of carbonyl (C=O) groups is 2. The van der Waals surface area contributed by atoms with Crippen LogP contribution in [-0.4, -0.2) is 39.6 Å². The Labute approximate surface area is 288 Å². The number of anilines is 2. The molecule has 1 unspecified atom stereocenters. The van der Waals surface area contributed by atoms with E-state index in [2.05, 4.69) is 41.5 Å². The lowest BCUT2D eigenvalue weighted by atomic mass is 9.75. The number of ether oxygens (including phenoxy) is 1. The van der Waals surface area contributed by atoms with Gasteiger partial charge in [0.15, 0.2) is 11.7 Å². The van der Waals surface area contributed by atoms with Crippen molar-refractivity contribution < 1.29 is 32.3 Å². The van der Waals surface area contributed by atoms with E-state index in [1.165, 1.54) is 12.3 Å². The van der Waals surface area contributed by atoms with Crippen LogP contribution in [0.5, 0.6) is 0 Å². The maximum Gasteiger partial charge on any atom is 0.535 e. The summed E-state index contributed by atoms with van der Waals surface area (Å²) in [4.78, 5) is 47.9. The van der Waals surface area contributed by atoms with Gasteiger partial charge >= 0.3 is 12.3 Å². The molecular weight excluding hydrogens is 655 g/mol.